The lowest BCUT2D eigenvalue weighted by Crippen LogP contribution is -2.25. The van der Waals surface area contributed by atoms with E-state index >= 15 is 0 Å². The number of hydrogen-bond acceptors (Lipinski definition) is 2. The maximum absolute atomic E-state index is 6.58. The third kappa shape index (κ3) is 6.29. The van der Waals surface area contributed by atoms with E-state index in [9.17, 15) is 0 Å². The number of allylic oxidation sites excluding steroid dienone is 3. The Labute approximate surface area is 405 Å². The van der Waals surface area contributed by atoms with Crippen LogP contribution < -0.4 is 0 Å². The molecule has 0 spiro atoms. The van der Waals surface area contributed by atoms with Crippen molar-refractivity contribution >= 4 is 55.2 Å². The van der Waals surface area contributed by atoms with Gasteiger partial charge in [-0.2, -0.15) is 0 Å². The molecule has 1 aliphatic heterocycles. The Morgan fingerprint density at radius 3 is 2.19 bits per heavy atom. The first-order valence-electron chi connectivity index (χ1n) is 25.1. The molecule has 0 radical (unpaired) electrons. The van der Waals surface area contributed by atoms with Crippen molar-refractivity contribution in [3.63, 3.8) is 0 Å². The Balaban J connectivity index is 1.04. The molecule has 10 aromatic rings. The number of nitrogens with zero attached hydrogens (tertiary/aromatic N) is 2. The quantitative estimate of drug-likeness (QED) is 0.158. The Hall–Kier alpha value is -7.49. The summed E-state index contributed by atoms with van der Waals surface area (Å²) in [6.45, 7) is 14.4. The summed E-state index contributed by atoms with van der Waals surface area (Å²) in [7, 11) is 0. The summed E-state index contributed by atoms with van der Waals surface area (Å²) in [5.74, 6) is 0.797. The average Bonchev–Trinajstić information content (AvgIpc) is 3.97. The SMILES string of the molecule is CCC1/C=C(/C2Cc3ccccc3-c3ccccc3C2C)C(C)/C(C)=C(/c2cccc(-n3c4ccccc4c4ccc5c(c43)C(C)(C)c3ccccc3-5)c2)N=C1c1ccc2c(c1)oc1ccccc12. The lowest BCUT2D eigenvalue weighted by molar-refractivity contribution is 0.472. The molecule has 13 rings (SSSR count). The van der Waals surface area contributed by atoms with Gasteiger partial charge in [0.15, 0.2) is 0 Å². The van der Waals surface area contributed by atoms with E-state index in [1.807, 2.05) is 0 Å². The van der Waals surface area contributed by atoms with Crippen LogP contribution in [-0.4, -0.2) is 10.3 Å². The van der Waals surface area contributed by atoms with Crippen LogP contribution in [0.4, 0.5) is 0 Å². The summed E-state index contributed by atoms with van der Waals surface area (Å²) in [5.41, 5.74) is 23.4. The minimum atomic E-state index is -0.183. The van der Waals surface area contributed by atoms with Gasteiger partial charge in [-0.1, -0.05) is 186 Å². The smallest absolute Gasteiger partial charge is 0.136 e. The normalized spacial score (nSPS) is 21.5. The van der Waals surface area contributed by atoms with Crippen molar-refractivity contribution in [2.24, 2.45) is 22.7 Å². The largest absolute Gasteiger partial charge is 0.456 e. The van der Waals surface area contributed by atoms with Crippen molar-refractivity contribution in [2.45, 2.75) is 65.7 Å². The second kappa shape index (κ2) is 15.8. The van der Waals surface area contributed by atoms with Crippen LogP contribution in [0.3, 0.4) is 0 Å². The van der Waals surface area contributed by atoms with Crippen LogP contribution in [0.15, 0.2) is 203 Å². The van der Waals surface area contributed by atoms with E-state index in [4.69, 9.17) is 9.41 Å². The molecule has 3 nitrogen and oxygen atoms in total. The van der Waals surface area contributed by atoms with Gasteiger partial charge in [0, 0.05) is 55.6 Å². The molecule has 0 N–H and O–H groups in total. The molecule has 8 aromatic carbocycles. The Kier molecular flexibility index (Phi) is 9.54. The molecule has 0 bridgehead atoms. The monoisotopic (exact) mass is 892 g/mol. The van der Waals surface area contributed by atoms with Gasteiger partial charge in [0.2, 0.25) is 0 Å². The zero-order chi connectivity index (χ0) is 46.7. The van der Waals surface area contributed by atoms with Gasteiger partial charge >= 0.3 is 0 Å². The molecule has 0 saturated carbocycles. The van der Waals surface area contributed by atoms with Crippen molar-refractivity contribution in [1.82, 2.24) is 4.57 Å². The van der Waals surface area contributed by atoms with E-state index in [0.29, 0.717) is 5.92 Å². The second-order valence-electron chi connectivity index (χ2n) is 20.5. The lowest BCUT2D eigenvalue weighted by atomic mass is 9.71. The van der Waals surface area contributed by atoms with E-state index in [0.717, 1.165) is 63.0 Å². The molecule has 0 amide bonds. The van der Waals surface area contributed by atoms with Gasteiger partial charge in [-0.05, 0) is 118 Å². The summed E-state index contributed by atoms with van der Waals surface area (Å²) in [5, 5.41) is 4.82. The molecule has 0 fully saturated rings. The summed E-state index contributed by atoms with van der Waals surface area (Å²) in [6, 6.07) is 65.3. The van der Waals surface area contributed by atoms with Gasteiger partial charge in [-0.25, -0.2) is 0 Å². The van der Waals surface area contributed by atoms with Crippen LogP contribution in [0.5, 0.6) is 0 Å². The topological polar surface area (TPSA) is 30.4 Å². The molecule has 2 aromatic heterocycles. The van der Waals surface area contributed by atoms with Crippen LogP contribution in [-0.2, 0) is 11.8 Å². The predicted molar refractivity (Wildman–Crippen MR) is 290 cm³/mol. The molecule has 69 heavy (non-hydrogen) atoms. The average molecular weight is 893 g/mol. The van der Waals surface area contributed by atoms with Crippen molar-refractivity contribution in [1.29, 1.82) is 0 Å². The number of para-hydroxylation sites is 2. The molecule has 3 aliphatic rings. The van der Waals surface area contributed by atoms with Gasteiger partial charge in [0.1, 0.15) is 11.2 Å². The summed E-state index contributed by atoms with van der Waals surface area (Å²) < 4.78 is 9.13. The van der Waals surface area contributed by atoms with Gasteiger partial charge in [-0.15, -0.1) is 0 Å². The predicted octanol–water partition coefficient (Wildman–Crippen LogP) is 17.5. The highest BCUT2D eigenvalue weighted by molar-refractivity contribution is 6.14. The van der Waals surface area contributed by atoms with Gasteiger partial charge in [-0.3, -0.25) is 4.99 Å². The van der Waals surface area contributed by atoms with Crippen molar-refractivity contribution < 1.29 is 4.42 Å². The Bertz CT molecular complexity index is 3850. The van der Waals surface area contributed by atoms with Crippen molar-refractivity contribution in [2.75, 3.05) is 0 Å². The first-order valence-corrected chi connectivity index (χ1v) is 25.1. The molecule has 3 heteroatoms. The highest BCUT2D eigenvalue weighted by atomic mass is 16.3. The third-order valence-corrected chi connectivity index (χ3v) is 16.6. The summed E-state index contributed by atoms with van der Waals surface area (Å²) >= 11 is 0. The number of aliphatic imine (C=N–C) groups is 1. The molecule has 2 aliphatic carbocycles. The number of benzene rings is 8. The second-order valence-corrected chi connectivity index (χ2v) is 20.5. The maximum Gasteiger partial charge on any atom is 0.136 e. The number of aromatic nitrogens is 1. The van der Waals surface area contributed by atoms with E-state index in [-0.39, 0.29) is 23.2 Å². The van der Waals surface area contributed by atoms with Gasteiger partial charge < -0.3 is 8.98 Å². The van der Waals surface area contributed by atoms with Crippen LogP contribution in [0, 0.1) is 17.8 Å². The number of rotatable bonds is 5. The highest BCUT2D eigenvalue weighted by Gasteiger charge is 2.39. The fourth-order valence-corrected chi connectivity index (χ4v) is 12.9. The maximum atomic E-state index is 6.58. The third-order valence-electron chi connectivity index (χ3n) is 16.6. The molecular weight excluding hydrogens is 837 g/mol. The van der Waals surface area contributed by atoms with Crippen LogP contribution in [0.25, 0.3) is 77.4 Å². The number of fused-ring (bicyclic) bond motifs is 13. The zero-order valence-electron chi connectivity index (χ0n) is 40.3. The molecule has 3 heterocycles. The fraction of sp³-hybridized carbons (Fsp3) is 0.197. The van der Waals surface area contributed by atoms with E-state index < -0.39 is 0 Å². The molecule has 4 unspecified atom stereocenters. The fourth-order valence-electron chi connectivity index (χ4n) is 12.9. The lowest BCUT2D eigenvalue weighted by Gasteiger charge is -2.34. The molecule has 336 valence electrons. The van der Waals surface area contributed by atoms with Crippen molar-refractivity contribution in [3.8, 4) is 27.9 Å². The van der Waals surface area contributed by atoms with Gasteiger partial charge in [0.25, 0.3) is 0 Å². The highest BCUT2D eigenvalue weighted by Crippen LogP contribution is 2.53. The van der Waals surface area contributed by atoms with Crippen LogP contribution in [0.1, 0.15) is 87.3 Å². The first-order chi connectivity index (χ1) is 33.7. The summed E-state index contributed by atoms with van der Waals surface area (Å²) in [6.07, 6.45) is 4.53. The first kappa shape index (κ1) is 41.7. The van der Waals surface area contributed by atoms with E-state index in [1.54, 1.807) is 0 Å². The number of furan rings is 1. The minimum Gasteiger partial charge on any atom is -0.456 e. The molecule has 0 saturated heterocycles. The standard InChI is InChI=1S/C66H56N2O/c1-7-42-36-56(57-37-43-19-8-9-23-48(43)49-24-11-10-22-47(49)41(57)4)39(2)40(3)63(67-64(42)45-31-32-53-52-27-14-17-30-60(52)69-61(53)38-45)44-20-18-21-46(35-44)68-59-29-16-13-26-51(59)55-34-33-54-50-25-12-15-28-58(50)66(5,6)62(54)65(55)68/h8-36,38-39,41-42,57H,7,37H2,1-6H3/b56-36+,63-40-,67-64?. The summed E-state index contributed by atoms with van der Waals surface area (Å²) in [4.78, 5) is 5.97. The van der Waals surface area contributed by atoms with E-state index in [2.05, 4.69) is 228 Å². The van der Waals surface area contributed by atoms with E-state index in [1.165, 1.54) is 77.5 Å². The zero-order valence-corrected chi connectivity index (χ0v) is 40.3. The minimum absolute atomic E-state index is 0.0697. The van der Waals surface area contributed by atoms with Crippen molar-refractivity contribution in [3.05, 3.63) is 227 Å². The van der Waals surface area contributed by atoms with Crippen LogP contribution >= 0.6 is 0 Å². The molecular formula is C66H56N2O. The van der Waals surface area contributed by atoms with Crippen LogP contribution in [0.2, 0.25) is 0 Å². The number of hydrogen-bond donors (Lipinski definition) is 0. The Morgan fingerprint density at radius 2 is 1.33 bits per heavy atom. The van der Waals surface area contributed by atoms with Gasteiger partial charge in [0.05, 0.1) is 22.4 Å². The molecule has 4 atom stereocenters. The Morgan fingerprint density at radius 1 is 0.623 bits per heavy atom.